The third-order valence-electron chi connectivity index (χ3n) is 2.32. The van der Waals surface area contributed by atoms with E-state index >= 15 is 0 Å². The van der Waals surface area contributed by atoms with Gasteiger partial charge in [-0.15, -0.1) is 0 Å². The fourth-order valence-electron chi connectivity index (χ4n) is 1.57. The number of fused-ring (bicyclic) bond motifs is 1. The largest absolute Gasteiger partial charge is 0.609 e. The molecule has 16 heavy (non-hydrogen) atoms. The monoisotopic (exact) mass is 216 g/mol. The lowest BCUT2D eigenvalue weighted by Gasteiger charge is -2.08. The summed E-state index contributed by atoms with van der Waals surface area (Å²) in [4.78, 5) is 0. The fraction of sp³-hybridized carbons (Fsp3) is 0.167. The van der Waals surface area contributed by atoms with Gasteiger partial charge in [0.2, 0.25) is 5.52 Å². The Labute approximate surface area is 92.5 Å². The molecule has 4 heteroatoms. The molecule has 1 N–H and O–H groups in total. The average molecular weight is 216 g/mol. The van der Waals surface area contributed by atoms with Gasteiger partial charge in [-0.05, 0) is 24.3 Å². The Morgan fingerprint density at radius 3 is 2.81 bits per heavy atom. The summed E-state index contributed by atoms with van der Waals surface area (Å²) < 4.78 is 5.98. The number of hydrogen-bond acceptors (Lipinski definition) is 3. The van der Waals surface area contributed by atoms with Crippen LogP contribution in [0.5, 0.6) is 0 Å². The minimum Gasteiger partial charge on any atom is -0.609 e. The summed E-state index contributed by atoms with van der Waals surface area (Å²) in [6, 6.07) is 10.8. The Bertz CT molecular complexity index is 622. The third-order valence-corrected chi connectivity index (χ3v) is 2.32. The van der Waals surface area contributed by atoms with Crippen molar-refractivity contribution in [2.24, 2.45) is 0 Å². The average Bonchev–Trinajstić information content (AvgIpc) is 2.30. The first kappa shape index (κ1) is 10.4. The maximum Gasteiger partial charge on any atom is 0.259 e. The van der Waals surface area contributed by atoms with E-state index in [1.807, 2.05) is 24.3 Å². The van der Waals surface area contributed by atoms with Crippen LogP contribution in [-0.2, 0) is 4.74 Å². The van der Waals surface area contributed by atoms with Gasteiger partial charge in [0.05, 0.1) is 0 Å². The van der Waals surface area contributed by atoms with E-state index in [2.05, 4.69) is 0 Å². The molecular formula is C12H12N2O2. The van der Waals surface area contributed by atoms with Crippen molar-refractivity contribution in [2.75, 3.05) is 6.61 Å². The molecule has 0 atom stereocenters. The molecule has 2 rings (SSSR count). The Morgan fingerprint density at radius 2 is 2.06 bits per heavy atom. The molecule has 2 aromatic rings. The second kappa shape index (κ2) is 4.18. The zero-order chi connectivity index (χ0) is 11.5. The number of pyridine rings is 1. The molecule has 0 aliphatic carbocycles. The minimum absolute atomic E-state index is 0.237. The van der Waals surface area contributed by atoms with Gasteiger partial charge < -0.3 is 9.84 Å². The maximum absolute atomic E-state index is 11.5. The molecule has 1 aromatic heterocycles. The molecule has 0 spiro atoms. The molecule has 0 saturated carbocycles. The summed E-state index contributed by atoms with van der Waals surface area (Å²) in [5.74, 6) is -0.469. The number of nitrogens with zero attached hydrogens (tertiary/aromatic N) is 1. The Balaban J connectivity index is 2.80. The second-order valence-electron chi connectivity index (χ2n) is 3.33. The molecule has 0 bridgehead atoms. The third kappa shape index (κ3) is 1.69. The molecule has 4 nitrogen and oxygen atoms in total. The molecule has 0 amide bonds. The van der Waals surface area contributed by atoms with Crippen molar-refractivity contribution < 1.29 is 14.2 Å². The van der Waals surface area contributed by atoms with Gasteiger partial charge in [0.1, 0.15) is 5.95 Å². The molecule has 82 valence electrons. The zero-order valence-electron chi connectivity index (χ0n) is 8.93. The molecule has 0 fully saturated rings. The van der Waals surface area contributed by atoms with Crippen LogP contribution in [0.15, 0.2) is 36.4 Å². The van der Waals surface area contributed by atoms with E-state index in [-0.39, 0.29) is 5.35 Å². The maximum atomic E-state index is 11.5. The molecule has 0 unspecified atom stereocenters. The highest BCUT2D eigenvalue weighted by atomic mass is 16.6. The quantitative estimate of drug-likeness (QED) is 0.729. The van der Waals surface area contributed by atoms with Crippen LogP contribution in [0.1, 0.15) is 6.92 Å². The number of hydrogen-bond donors (Lipinski definition) is 1. The summed E-state index contributed by atoms with van der Waals surface area (Å²) in [5, 5.41) is 12.7. The van der Waals surface area contributed by atoms with E-state index in [1.165, 1.54) is 0 Å². The first-order valence-corrected chi connectivity index (χ1v) is 5.06. The number of para-hydroxylation sites is 1. The number of benzene rings is 1. The second-order valence-corrected chi connectivity index (χ2v) is 3.33. The first-order chi connectivity index (χ1) is 7.74. The van der Waals surface area contributed by atoms with Crippen molar-refractivity contribution in [3.63, 3.8) is 0 Å². The SMILES string of the molecule is CCO/C([O-])=c1/ccc2ccccc2[n+]1=N. The van der Waals surface area contributed by atoms with Crippen molar-refractivity contribution in [1.29, 1.82) is 5.53 Å². The van der Waals surface area contributed by atoms with Crippen LogP contribution in [0.3, 0.4) is 0 Å². The molecule has 0 aliphatic rings. The van der Waals surface area contributed by atoms with E-state index in [0.717, 1.165) is 9.75 Å². The van der Waals surface area contributed by atoms with Crippen LogP contribution in [0.4, 0.5) is 0 Å². The summed E-state index contributed by atoms with van der Waals surface area (Å²) in [6.07, 6.45) is 0. The van der Waals surface area contributed by atoms with Gasteiger partial charge >= 0.3 is 0 Å². The van der Waals surface area contributed by atoms with E-state index in [9.17, 15) is 5.11 Å². The zero-order valence-corrected chi connectivity index (χ0v) is 8.93. The Hall–Kier alpha value is -2.10. The summed E-state index contributed by atoms with van der Waals surface area (Å²) in [5.41, 5.74) is 8.55. The lowest BCUT2D eigenvalue weighted by Crippen LogP contribution is -2.40. The van der Waals surface area contributed by atoms with Gasteiger partial charge in [-0.3, -0.25) is 0 Å². The summed E-state index contributed by atoms with van der Waals surface area (Å²) in [7, 11) is 0. The smallest absolute Gasteiger partial charge is 0.259 e. The molecule has 0 aliphatic heterocycles. The van der Waals surface area contributed by atoms with E-state index in [0.29, 0.717) is 12.1 Å². The molecule has 0 radical (unpaired) electrons. The highest BCUT2D eigenvalue weighted by Gasteiger charge is 2.05. The van der Waals surface area contributed by atoms with Crippen LogP contribution in [0.25, 0.3) is 16.8 Å². The number of ether oxygens (including phenoxy) is 1. The fourth-order valence-corrected chi connectivity index (χ4v) is 1.57. The Morgan fingerprint density at radius 1 is 1.31 bits per heavy atom. The normalized spacial score (nSPS) is 12.6. The highest BCUT2D eigenvalue weighted by Crippen LogP contribution is 2.05. The summed E-state index contributed by atoms with van der Waals surface area (Å²) in [6.45, 7) is 2.05. The number of nitrogens with one attached hydrogen (secondary N) is 1. The van der Waals surface area contributed by atoms with Crippen LogP contribution in [-0.4, -0.2) is 6.61 Å². The number of rotatable bonds is 2. The molecule has 0 saturated heterocycles. The lowest BCUT2D eigenvalue weighted by atomic mass is 10.2. The van der Waals surface area contributed by atoms with E-state index in [4.69, 9.17) is 10.3 Å². The van der Waals surface area contributed by atoms with Crippen LogP contribution in [0.2, 0.25) is 0 Å². The molecular weight excluding hydrogens is 204 g/mol. The topological polar surface area (TPSA) is 62.0 Å². The predicted molar refractivity (Wildman–Crippen MR) is 56.9 cm³/mol. The van der Waals surface area contributed by atoms with Gasteiger partial charge in [-0.1, -0.05) is 23.4 Å². The van der Waals surface area contributed by atoms with Gasteiger partial charge in [-0.25, -0.2) is 0 Å². The molecule has 1 heterocycles. The van der Waals surface area contributed by atoms with Gasteiger partial charge in [0.15, 0.2) is 0 Å². The van der Waals surface area contributed by atoms with Crippen LogP contribution >= 0.6 is 0 Å². The number of aromatic nitrogens is 1. The van der Waals surface area contributed by atoms with E-state index in [1.54, 1.807) is 19.1 Å². The summed E-state index contributed by atoms with van der Waals surface area (Å²) >= 11 is 0. The first-order valence-electron chi connectivity index (χ1n) is 5.06. The Kier molecular flexibility index (Phi) is 2.72. The predicted octanol–water partition coefficient (Wildman–Crippen LogP) is 0.200. The van der Waals surface area contributed by atoms with Crippen molar-refractivity contribution >= 4 is 16.8 Å². The standard InChI is InChI=1S/C12H12N2O2/c1-2-16-12(15)11-8-7-9-5-3-4-6-10(9)14(11)13/h3-8H,2H2,1H3,(H-,13,15). The highest BCUT2D eigenvalue weighted by molar-refractivity contribution is 5.74. The van der Waals surface area contributed by atoms with Gasteiger partial charge in [-0.2, -0.15) is 0 Å². The van der Waals surface area contributed by atoms with Gasteiger partial charge in [0.25, 0.3) is 5.35 Å². The van der Waals surface area contributed by atoms with E-state index < -0.39 is 5.95 Å². The minimum atomic E-state index is -0.469. The van der Waals surface area contributed by atoms with Crippen molar-refractivity contribution in [2.45, 2.75) is 6.92 Å². The van der Waals surface area contributed by atoms with Crippen LogP contribution < -0.4 is 14.8 Å². The van der Waals surface area contributed by atoms with Crippen molar-refractivity contribution in [3.05, 3.63) is 41.7 Å². The van der Waals surface area contributed by atoms with Crippen molar-refractivity contribution in [1.82, 2.24) is 0 Å². The van der Waals surface area contributed by atoms with Crippen molar-refractivity contribution in [3.8, 4) is 0 Å². The van der Waals surface area contributed by atoms with Gasteiger partial charge in [0, 0.05) is 17.5 Å². The molecule has 1 aromatic carbocycles. The van der Waals surface area contributed by atoms with Crippen LogP contribution in [0, 0.1) is 5.53 Å². The lowest BCUT2D eigenvalue weighted by molar-refractivity contribution is -0.563.